The summed E-state index contributed by atoms with van der Waals surface area (Å²) < 4.78 is 5.87. The van der Waals surface area contributed by atoms with Crippen LogP contribution in [-0.2, 0) is 4.74 Å². The number of rotatable bonds is 6. The molecule has 0 bridgehead atoms. The summed E-state index contributed by atoms with van der Waals surface area (Å²) in [6.07, 6.45) is 2.41. The Morgan fingerprint density at radius 3 is 3.12 bits per heavy atom. The van der Waals surface area contributed by atoms with Crippen molar-refractivity contribution in [1.29, 1.82) is 0 Å². The third-order valence-corrected chi connectivity index (χ3v) is 2.57. The normalized spacial score (nSPS) is 10.1. The van der Waals surface area contributed by atoms with E-state index >= 15 is 0 Å². The lowest BCUT2D eigenvalue weighted by Gasteiger charge is -2.05. The number of nitrogens with zero attached hydrogens (tertiary/aromatic N) is 1. The van der Waals surface area contributed by atoms with Crippen LogP contribution in [0.3, 0.4) is 0 Å². The fraction of sp³-hybridized carbons (Fsp3) is 0.455. The minimum Gasteiger partial charge on any atom is -0.382 e. The molecule has 0 unspecified atom stereocenters. The molecule has 1 aromatic rings. The molecule has 0 radical (unpaired) electrons. The summed E-state index contributed by atoms with van der Waals surface area (Å²) in [5.74, 6) is -0.163. The number of pyridine rings is 1. The molecule has 0 aromatic carbocycles. The van der Waals surface area contributed by atoms with Crippen LogP contribution in [0.15, 0.2) is 22.8 Å². The number of carbonyl (C=O) groups is 1. The molecule has 0 aliphatic rings. The van der Waals surface area contributed by atoms with Gasteiger partial charge in [-0.1, -0.05) is 0 Å². The van der Waals surface area contributed by atoms with Crippen molar-refractivity contribution in [3.8, 4) is 0 Å². The van der Waals surface area contributed by atoms with Crippen LogP contribution in [0, 0.1) is 0 Å². The van der Waals surface area contributed by atoms with Crippen molar-refractivity contribution in [3.05, 3.63) is 28.5 Å². The molecule has 0 fully saturated rings. The quantitative estimate of drug-likeness (QED) is 0.814. The monoisotopic (exact) mass is 286 g/mol. The van der Waals surface area contributed by atoms with Gasteiger partial charge in [-0.05, 0) is 41.4 Å². The summed E-state index contributed by atoms with van der Waals surface area (Å²) in [5.41, 5.74) is 0.416. The second-order valence-corrected chi connectivity index (χ2v) is 3.99. The Hall–Kier alpha value is -0.940. The molecule has 5 heteroatoms. The molecule has 1 aromatic heterocycles. The summed E-state index contributed by atoms with van der Waals surface area (Å²) in [6.45, 7) is 3.92. The molecule has 0 saturated carbocycles. The Labute approximate surface area is 104 Å². The van der Waals surface area contributed by atoms with Gasteiger partial charge in [0.2, 0.25) is 0 Å². The number of hydrogen-bond acceptors (Lipinski definition) is 3. The Morgan fingerprint density at radius 2 is 2.44 bits per heavy atom. The number of carbonyl (C=O) groups excluding carboxylic acids is 1. The van der Waals surface area contributed by atoms with E-state index in [4.69, 9.17) is 4.74 Å². The largest absolute Gasteiger partial charge is 0.382 e. The highest BCUT2D eigenvalue weighted by atomic mass is 79.9. The van der Waals surface area contributed by atoms with Crippen LogP contribution >= 0.6 is 15.9 Å². The van der Waals surface area contributed by atoms with Crippen LogP contribution in [0.25, 0.3) is 0 Å². The van der Waals surface area contributed by atoms with Gasteiger partial charge in [0.05, 0.1) is 0 Å². The minimum atomic E-state index is -0.163. The van der Waals surface area contributed by atoms with Crippen molar-refractivity contribution in [2.75, 3.05) is 19.8 Å². The van der Waals surface area contributed by atoms with Gasteiger partial charge >= 0.3 is 0 Å². The first-order valence-corrected chi connectivity index (χ1v) is 6.01. The smallest absolute Gasteiger partial charge is 0.271 e. The molecule has 1 amide bonds. The third-order valence-electron chi connectivity index (χ3n) is 1.93. The topological polar surface area (TPSA) is 51.2 Å². The van der Waals surface area contributed by atoms with E-state index in [-0.39, 0.29) is 5.91 Å². The number of aromatic nitrogens is 1. The van der Waals surface area contributed by atoms with E-state index in [2.05, 4.69) is 26.2 Å². The highest BCUT2D eigenvalue weighted by Crippen LogP contribution is 2.12. The lowest BCUT2D eigenvalue weighted by atomic mass is 10.3. The maximum atomic E-state index is 11.7. The van der Waals surface area contributed by atoms with E-state index in [9.17, 15) is 4.79 Å². The maximum Gasteiger partial charge on any atom is 0.271 e. The van der Waals surface area contributed by atoms with Gasteiger partial charge in [-0.2, -0.15) is 0 Å². The second kappa shape index (κ2) is 7.35. The molecular formula is C11H15BrN2O2. The summed E-state index contributed by atoms with van der Waals surface area (Å²) in [4.78, 5) is 15.7. The van der Waals surface area contributed by atoms with Crippen molar-refractivity contribution in [2.45, 2.75) is 13.3 Å². The Morgan fingerprint density at radius 1 is 1.62 bits per heavy atom. The Kier molecular flexibility index (Phi) is 6.03. The zero-order valence-electron chi connectivity index (χ0n) is 9.20. The van der Waals surface area contributed by atoms with Crippen molar-refractivity contribution in [3.63, 3.8) is 0 Å². The molecule has 16 heavy (non-hydrogen) atoms. The third kappa shape index (κ3) is 4.28. The molecule has 0 atom stereocenters. The molecule has 1 heterocycles. The molecule has 0 aliphatic heterocycles. The van der Waals surface area contributed by atoms with Crippen molar-refractivity contribution in [2.24, 2.45) is 0 Å². The number of amides is 1. The fourth-order valence-electron chi connectivity index (χ4n) is 1.16. The minimum absolute atomic E-state index is 0.163. The first-order chi connectivity index (χ1) is 7.75. The molecule has 0 aliphatic carbocycles. The van der Waals surface area contributed by atoms with Gasteiger partial charge in [0, 0.05) is 30.4 Å². The van der Waals surface area contributed by atoms with Crippen LogP contribution < -0.4 is 5.32 Å². The van der Waals surface area contributed by atoms with Gasteiger partial charge in [-0.15, -0.1) is 0 Å². The molecule has 4 nitrogen and oxygen atoms in total. The standard InChI is InChI=1S/C11H15BrN2O2/c1-2-16-8-4-7-14-11(15)10-9(12)5-3-6-13-10/h3,5-6H,2,4,7-8H2,1H3,(H,14,15). The van der Waals surface area contributed by atoms with Crippen LogP contribution in [0.1, 0.15) is 23.8 Å². The zero-order valence-corrected chi connectivity index (χ0v) is 10.8. The average Bonchev–Trinajstić information content (AvgIpc) is 2.29. The Balaban J connectivity index is 2.33. The fourth-order valence-corrected chi connectivity index (χ4v) is 1.59. The predicted molar refractivity (Wildman–Crippen MR) is 65.4 cm³/mol. The van der Waals surface area contributed by atoms with E-state index in [0.29, 0.717) is 29.9 Å². The molecule has 88 valence electrons. The van der Waals surface area contributed by atoms with E-state index in [0.717, 1.165) is 6.42 Å². The maximum absolute atomic E-state index is 11.7. The van der Waals surface area contributed by atoms with Gasteiger partial charge < -0.3 is 10.1 Å². The highest BCUT2D eigenvalue weighted by Gasteiger charge is 2.09. The van der Waals surface area contributed by atoms with Gasteiger partial charge in [-0.25, -0.2) is 4.98 Å². The van der Waals surface area contributed by atoms with E-state index in [1.807, 2.05) is 6.92 Å². The highest BCUT2D eigenvalue weighted by molar-refractivity contribution is 9.10. The number of ether oxygens (including phenoxy) is 1. The zero-order chi connectivity index (χ0) is 11.8. The Bertz CT molecular complexity index is 345. The molecule has 1 rings (SSSR count). The van der Waals surface area contributed by atoms with Gasteiger partial charge in [-0.3, -0.25) is 4.79 Å². The van der Waals surface area contributed by atoms with Gasteiger partial charge in [0.1, 0.15) is 5.69 Å². The first kappa shape index (κ1) is 13.1. The van der Waals surface area contributed by atoms with Crippen molar-refractivity contribution >= 4 is 21.8 Å². The van der Waals surface area contributed by atoms with E-state index in [1.54, 1.807) is 18.3 Å². The average molecular weight is 287 g/mol. The van der Waals surface area contributed by atoms with Crippen LogP contribution in [0.4, 0.5) is 0 Å². The lowest BCUT2D eigenvalue weighted by Crippen LogP contribution is -2.26. The van der Waals surface area contributed by atoms with Crippen molar-refractivity contribution in [1.82, 2.24) is 10.3 Å². The lowest BCUT2D eigenvalue weighted by molar-refractivity contribution is 0.0938. The van der Waals surface area contributed by atoms with Crippen LogP contribution in [0.5, 0.6) is 0 Å². The summed E-state index contributed by atoms with van der Waals surface area (Å²) >= 11 is 3.28. The van der Waals surface area contributed by atoms with E-state index < -0.39 is 0 Å². The number of nitrogens with one attached hydrogen (secondary N) is 1. The van der Waals surface area contributed by atoms with Crippen LogP contribution in [0.2, 0.25) is 0 Å². The molecule has 1 N–H and O–H groups in total. The summed E-state index contributed by atoms with van der Waals surface area (Å²) in [7, 11) is 0. The SMILES string of the molecule is CCOCCCNC(=O)c1ncccc1Br. The first-order valence-electron chi connectivity index (χ1n) is 5.22. The molecule has 0 saturated heterocycles. The predicted octanol–water partition coefficient (Wildman–Crippen LogP) is 2.00. The summed E-state index contributed by atoms with van der Waals surface area (Å²) in [6, 6.07) is 3.57. The van der Waals surface area contributed by atoms with E-state index in [1.165, 1.54) is 0 Å². The van der Waals surface area contributed by atoms with Gasteiger partial charge in [0.25, 0.3) is 5.91 Å². The molecular weight excluding hydrogens is 272 g/mol. The second-order valence-electron chi connectivity index (χ2n) is 3.14. The number of hydrogen-bond donors (Lipinski definition) is 1. The van der Waals surface area contributed by atoms with Crippen molar-refractivity contribution < 1.29 is 9.53 Å². The molecule has 0 spiro atoms. The summed E-state index contributed by atoms with van der Waals surface area (Å²) in [5, 5.41) is 2.79. The van der Waals surface area contributed by atoms with Gasteiger partial charge in [0.15, 0.2) is 0 Å². The van der Waals surface area contributed by atoms with Crippen LogP contribution in [-0.4, -0.2) is 30.6 Å². The number of halogens is 1.